The molecule has 0 aliphatic rings. The summed E-state index contributed by atoms with van der Waals surface area (Å²) in [6.45, 7) is 1.63. The van der Waals surface area contributed by atoms with Crippen LogP contribution >= 0.6 is 0 Å². The van der Waals surface area contributed by atoms with Crippen molar-refractivity contribution in [2.75, 3.05) is 17.3 Å². The summed E-state index contributed by atoms with van der Waals surface area (Å²) in [7, 11) is -3.14. The van der Waals surface area contributed by atoms with Gasteiger partial charge >= 0.3 is 5.69 Å². The molecule has 1 unspecified atom stereocenters. The predicted molar refractivity (Wildman–Crippen MR) is 65.8 cm³/mol. The Morgan fingerprint density at radius 1 is 1.50 bits per heavy atom. The van der Waals surface area contributed by atoms with E-state index in [0.717, 1.165) is 18.4 Å². The zero-order valence-electron chi connectivity index (χ0n) is 9.88. The van der Waals surface area contributed by atoms with Crippen LogP contribution in [0.5, 0.6) is 0 Å². The number of halogens is 1. The van der Waals surface area contributed by atoms with Crippen molar-refractivity contribution in [3.05, 3.63) is 34.1 Å². The van der Waals surface area contributed by atoms with Crippen molar-refractivity contribution in [1.29, 1.82) is 0 Å². The molecule has 0 saturated carbocycles. The zero-order chi connectivity index (χ0) is 13.9. The van der Waals surface area contributed by atoms with Gasteiger partial charge in [0.15, 0.2) is 0 Å². The summed E-state index contributed by atoms with van der Waals surface area (Å²) in [5.41, 5.74) is -0.314. The van der Waals surface area contributed by atoms with E-state index in [-0.39, 0.29) is 5.75 Å². The standard InChI is InChI=1S/C10H13FN2O4S/c1-7(6-18(2,16)17)12-8-3-4-10(13(14)15)9(11)5-8/h3-5,7,12H,6H2,1-2H3. The molecule has 1 aromatic rings. The lowest BCUT2D eigenvalue weighted by Gasteiger charge is -2.13. The van der Waals surface area contributed by atoms with Crippen molar-refractivity contribution >= 4 is 21.2 Å². The third-order valence-corrected chi connectivity index (χ3v) is 3.22. The number of nitro groups is 1. The van der Waals surface area contributed by atoms with Gasteiger partial charge in [-0.05, 0) is 13.0 Å². The van der Waals surface area contributed by atoms with E-state index in [0.29, 0.717) is 5.69 Å². The maximum absolute atomic E-state index is 13.3. The minimum Gasteiger partial charge on any atom is -0.381 e. The van der Waals surface area contributed by atoms with Gasteiger partial charge in [-0.15, -0.1) is 0 Å². The Bertz CT molecular complexity index is 559. The maximum Gasteiger partial charge on any atom is 0.304 e. The Morgan fingerprint density at radius 3 is 2.56 bits per heavy atom. The van der Waals surface area contributed by atoms with Crippen LogP contribution in [0.2, 0.25) is 0 Å². The van der Waals surface area contributed by atoms with Crippen LogP contribution < -0.4 is 5.32 Å². The number of nitrogens with one attached hydrogen (secondary N) is 1. The summed E-state index contributed by atoms with van der Waals surface area (Å²) in [4.78, 5) is 9.59. The van der Waals surface area contributed by atoms with Crippen LogP contribution in [0.3, 0.4) is 0 Å². The second-order valence-corrected chi connectivity index (χ2v) is 6.25. The third-order valence-electron chi connectivity index (χ3n) is 2.11. The van der Waals surface area contributed by atoms with Crippen molar-refractivity contribution in [3.63, 3.8) is 0 Å². The summed E-state index contributed by atoms with van der Waals surface area (Å²) < 4.78 is 35.4. The fraction of sp³-hybridized carbons (Fsp3) is 0.400. The largest absolute Gasteiger partial charge is 0.381 e. The van der Waals surface area contributed by atoms with E-state index < -0.39 is 32.3 Å². The van der Waals surface area contributed by atoms with Crippen LogP contribution in [0.15, 0.2) is 18.2 Å². The van der Waals surface area contributed by atoms with Crippen molar-refractivity contribution in [2.45, 2.75) is 13.0 Å². The fourth-order valence-corrected chi connectivity index (χ4v) is 2.52. The molecule has 0 aromatic heterocycles. The van der Waals surface area contributed by atoms with Crippen molar-refractivity contribution in [2.24, 2.45) is 0 Å². The van der Waals surface area contributed by atoms with E-state index >= 15 is 0 Å². The molecule has 0 radical (unpaired) electrons. The van der Waals surface area contributed by atoms with Gasteiger partial charge in [-0.1, -0.05) is 0 Å². The number of anilines is 1. The molecule has 0 saturated heterocycles. The molecule has 8 heteroatoms. The molecule has 1 aromatic carbocycles. The number of nitro benzene ring substituents is 1. The van der Waals surface area contributed by atoms with E-state index in [1.54, 1.807) is 6.92 Å². The molecule has 0 heterocycles. The Morgan fingerprint density at radius 2 is 2.11 bits per heavy atom. The van der Waals surface area contributed by atoms with Gasteiger partial charge in [-0.25, -0.2) is 8.42 Å². The second kappa shape index (κ2) is 5.30. The molecule has 0 spiro atoms. The van der Waals surface area contributed by atoms with Crippen LogP contribution in [0.1, 0.15) is 6.92 Å². The van der Waals surface area contributed by atoms with E-state index in [9.17, 15) is 22.9 Å². The summed E-state index contributed by atoms with van der Waals surface area (Å²) >= 11 is 0. The van der Waals surface area contributed by atoms with Gasteiger partial charge in [0.25, 0.3) is 0 Å². The molecule has 0 amide bonds. The molecule has 6 nitrogen and oxygen atoms in total. The average Bonchev–Trinajstić information content (AvgIpc) is 2.13. The quantitative estimate of drug-likeness (QED) is 0.651. The highest BCUT2D eigenvalue weighted by Crippen LogP contribution is 2.21. The summed E-state index contributed by atoms with van der Waals surface area (Å²) in [5, 5.41) is 13.2. The summed E-state index contributed by atoms with van der Waals surface area (Å²) in [6.07, 6.45) is 1.10. The highest BCUT2D eigenvalue weighted by molar-refractivity contribution is 7.90. The first-order valence-electron chi connectivity index (χ1n) is 5.07. The first-order valence-corrected chi connectivity index (χ1v) is 7.13. The third kappa shape index (κ3) is 4.28. The lowest BCUT2D eigenvalue weighted by atomic mass is 10.2. The van der Waals surface area contributed by atoms with E-state index in [1.807, 2.05) is 0 Å². The van der Waals surface area contributed by atoms with Gasteiger partial charge in [0.1, 0.15) is 9.84 Å². The second-order valence-electron chi connectivity index (χ2n) is 4.06. The Kier molecular flexibility index (Phi) is 4.23. The highest BCUT2D eigenvalue weighted by Gasteiger charge is 2.15. The van der Waals surface area contributed by atoms with Crippen LogP contribution in [0, 0.1) is 15.9 Å². The first-order chi connectivity index (χ1) is 8.19. The van der Waals surface area contributed by atoms with Crippen LogP contribution in [0.4, 0.5) is 15.8 Å². The van der Waals surface area contributed by atoms with Gasteiger partial charge in [-0.2, -0.15) is 4.39 Å². The molecule has 0 aliphatic heterocycles. The minimum absolute atomic E-state index is 0.106. The van der Waals surface area contributed by atoms with Gasteiger partial charge in [-0.3, -0.25) is 10.1 Å². The van der Waals surface area contributed by atoms with Crippen molar-refractivity contribution < 1.29 is 17.7 Å². The molecule has 1 atom stereocenters. The number of hydrogen-bond acceptors (Lipinski definition) is 5. The topological polar surface area (TPSA) is 89.3 Å². The Balaban J connectivity index is 2.81. The monoisotopic (exact) mass is 276 g/mol. The van der Waals surface area contributed by atoms with Gasteiger partial charge in [0.2, 0.25) is 5.82 Å². The molecule has 1 N–H and O–H groups in total. The number of rotatable bonds is 5. The number of sulfone groups is 1. The average molecular weight is 276 g/mol. The van der Waals surface area contributed by atoms with Crippen molar-refractivity contribution in [3.8, 4) is 0 Å². The number of nitrogens with zero attached hydrogens (tertiary/aromatic N) is 1. The SMILES string of the molecule is CC(CS(C)(=O)=O)Nc1ccc([N+](=O)[O-])c(F)c1. The highest BCUT2D eigenvalue weighted by atomic mass is 32.2. The molecule has 0 aliphatic carbocycles. The lowest BCUT2D eigenvalue weighted by Crippen LogP contribution is -2.25. The lowest BCUT2D eigenvalue weighted by molar-refractivity contribution is -0.387. The smallest absolute Gasteiger partial charge is 0.304 e. The molecule has 0 fully saturated rings. The van der Waals surface area contributed by atoms with Crippen LogP contribution in [0.25, 0.3) is 0 Å². The van der Waals surface area contributed by atoms with Gasteiger partial charge in [0.05, 0.1) is 10.7 Å². The number of hydrogen-bond donors (Lipinski definition) is 1. The summed E-state index contributed by atoms with van der Waals surface area (Å²) in [5.74, 6) is -1.07. The Hall–Kier alpha value is -1.70. The van der Waals surface area contributed by atoms with E-state index in [1.165, 1.54) is 6.07 Å². The molecule has 18 heavy (non-hydrogen) atoms. The molecule has 1 rings (SSSR count). The molecule has 100 valence electrons. The Labute approximate surface area is 104 Å². The summed E-state index contributed by atoms with van der Waals surface area (Å²) in [6, 6.07) is 2.92. The maximum atomic E-state index is 13.3. The predicted octanol–water partition coefficient (Wildman–Crippen LogP) is 1.58. The van der Waals surface area contributed by atoms with Gasteiger partial charge in [0, 0.05) is 30.1 Å². The number of benzene rings is 1. The van der Waals surface area contributed by atoms with Gasteiger partial charge < -0.3 is 5.32 Å². The fourth-order valence-electron chi connectivity index (χ4n) is 1.53. The van der Waals surface area contributed by atoms with Crippen LogP contribution in [-0.4, -0.2) is 31.4 Å². The molecule has 0 bridgehead atoms. The normalized spacial score (nSPS) is 13.1. The van der Waals surface area contributed by atoms with Crippen LogP contribution in [-0.2, 0) is 9.84 Å². The van der Waals surface area contributed by atoms with Crippen molar-refractivity contribution in [1.82, 2.24) is 0 Å². The van der Waals surface area contributed by atoms with E-state index in [2.05, 4.69) is 5.32 Å². The van der Waals surface area contributed by atoms with E-state index in [4.69, 9.17) is 0 Å². The minimum atomic E-state index is -3.14. The molecular weight excluding hydrogens is 263 g/mol. The molecular formula is C10H13FN2O4S. The first kappa shape index (κ1) is 14.4. The zero-order valence-corrected chi connectivity index (χ0v) is 10.7.